The van der Waals surface area contributed by atoms with E-state index in [9.17, 15) is 14.0 Å². The summed E-state index contributed by atoms with van der Waals surface area (Å²) in [7, 11) is 0. The molecule has 1 aromatic carbocycles. The monoisotopic (exact) mass is 293 g/mol. The highest BCUT2D eigenvalue weighted by Gasteiger charge is 2.28. The second-order valence-electron chi connectivity index (χ2n) is 5.54. The molecule has 1 aromatic rings. The van der Waals surface area contributed by atoms with E-state index in [0.29, 0.717) is 0 Å². The van der Waals surface area contributed by atoms with Crippen LogP contribution in [0.25, 0.3) is 0 Å². The van der Waals surface area contributed by atoms with Crippen LogP contribution < -0.4 is 16.8 Å². The van der Waals surface area contributed by atoms with Crippen LogP contribution in [0.5, 0.6) is 0 Å². The van der Waals surface area contributed by atoms with E-state index >= 15 is 0 Å². The van der Waals surface area contributed by atoms with Crippen LogP contribution in [0.1, 0.15) is 41.6 Å². The van der Waals surface area contributed by atoms with Crippen molar-refractivity contribution in [2.24, 2.45) is 17.4 Å². The first kappa shape index (κ1) is 15.4. The van der Waals surface area contributed by atoms with E-state index in [-0.39, 0.29) is 34.7 Å². The normalized spacial score (nSPS) is 21.9. The maximum atomic E-state index is 13.8. The Labute approximate surface area is 122 Å². The molecule has 0 saturated heterocycles. The minimum Gasteiger partial charge on any atom is -0.366 e. The fourth-order valence-electron chi connectivity index (χ4n) is 2.66. The second kappa shape index (κ2) is 6.22. The van der Waals surface area contributed by atoms with E-state index in [4.69, 9.17) is 11.5 Å². The van der Waals surface area contributed by atoms with Gasteiger partial charge in [-0.1, -0.05) is 12.8 Å². The van der Waals surface area contributed by atoms with Gasteiger partial charge in [0.2, 0.25) is 11.8 Å². The minimum absolute atomic E-state index is 0.0290. The molecular weight excluding hydrogens is 273 g/mol. The molecule has 1 fully saturated rings. The lowest BCUT2D eigenvalue weighted by molar-refractivity contribution is -0.121. The maximum absolute atomic E-state index is 13.8. The Kier molecular flexibility index (Phi) is 4.57. The standard InChI is InChI=1S/C15H20FN3O2/c1-8-11(16)6-9(14(18)20)7-13(8)19-15(21)10-4-2-3-5-12(10)17/h6-7,10,12H,2-5,17H2,1H3,(H2,18,20)(H,19,21). The van der Waals surface area contributed by atoms with Gasteiger partial charge in [-0.25, -0.2) is 4.39 Å². The summed E-state index contributed by atoms with van der Waals surface area (Å²) in [4.78, 5) is 23.5. The number of amides is 2. The SMILES string of the molecule is Cc1c(F)cc(C(N)=O)cc1NC(=O)C1CCCCC1N. The topological polar surface area (TPSA) is 98.2 Å². The summed E-state index contributed by atoms with van der Waals surface area (Å²) in [6.45, 7) is 1.54. The number of carbonyl (C=O) groups is 2. The number of primary amides is 1. The molecule has 0 spiro atoms. The number of anilines is 1. The summed E-state index contributed by atoms with van der Waals surface area (Å²) in [6, 6.07) is 2.29. The van der Waals surface area contributed by atoms with E-state index in [1.165, 1.54) is 13.0 Å². The third kappa shape index (κ3) is 3.39. The van der Waals surface area contributed by atoms with Crippen LogP contribution in [0.15, 0.2) is 12.1 Å². The number of hydrogen-bond donors (Lipinski definition) is 3. The molecule has 0 radical (unpaired) electrons. The van der Waals surface area contributed by atoms with Crippen LogP contribution >= 0.6 is 0 Å². The summed E-state index contributed by atoms with van der Waals surface area (Å²) in [5.41, 5.74) is 11.7. The summed E-state index contributed by atoms with van der Waals surface area (Å²) in [5, 5.41) is 2.68. The molecule has 0 aliphatic heterocycles. The van der Waals surface area contributed by atoms with Crippen LogP contribution in [0, 0.1) is 18.7 Å². The molecule has 0 aromatic heterocycles. The molecule has 1 aliphatic carbocycles. The predicted molar refractivity (Wildman–Crippen MR) is 78.2 cm³/mol. The van der Waals surface area contributed by atoms with Crippen molar-refractivity contribution in [2.75, 3.05) is 5.32 Å². The molecule has 0 heterocycles. The predicted octanol–water partition coefficient (Wildman–Crippen LogP) is 1.69. The number of nitrogens with one attached hydrogen (secondary N) is 1. The molecule has 6 heteroatoms. The highest BCUT2D eigenvalue weighted by molar-refractivity contribution is 5.97. The number of benzene rings is 1. The summed E-state index contributed by atoms with van der Waals surface area (Å²) >= 11 is 0. The van der Waals surface area contributed by atoms with Crippen LogP contribution in [-0.2, 0) is 4.79 Å². The van der Waals surface area contributed by atoms with Crippen molar-refractivity contribution in [3.63, 3.8) is 0 Å². The quantitative estimate of drug-likeness (QED) is 0.791. The van der Waals surface area contributed by atoms with Crippen molar-refractivity contribution in [1.29, 1.82) is 0 Å². The van der Waals surface area contributed by atoms with E-state index in [2.05, 4.69) is 5.32 Å². The first-order chi connectivity index (χ1) is 9.90. The third-order valence-electron chi connectivity index (χ3n) is 4.04. The van der Waals surface area contributed by atoms with E-state index in [1.807, 2.05) is 0 Å². The first-order valence-electron chi connectivity index (χ1n) is 7.06. The van der Waals surface area contributed by atoms with Gasteiger partial charge in [0.05, 0.1) is 5.92 Å². The number of rotatable bonds is 3. The van der Waals surface area contributed by atoms with Gasteiger partial charge in [0.15, 0.2) is 0 Å². The van der Waals surface area contributed by atoms with Crippen molar-refractivity contribution in [3.05, 3.63) is 29.1 Å². The molecular formula is C15H20FN3O2. The Hall–Kier alpha value is -1.95. The molecule has 1 aliphatic rings. The van der Waals surface area contributed by atoms with Gasteiger partial charge in [0.1, 0.15) is 5.82 Å². The van der Waals surface area contributed by atoms with Crippen LogP contribution in [0.4, 0.5) is 10.1 Å². The number of nitrogens with two attached hydrogens (primary N) is 2. The lowest BCUT2D eigenvalue weighted by Crippen LogP contribution is -2.40. The van der Waals surface area contributed by atoms with Gasteiger partial charge in [-0.15, -0.1) is 0 Å². The second-order valence-corrected chi connectivity index (χ2v) is 5.54. The number of carbonyl (C=O) groups excluding carboxylic acids is 2. The average molecular weight is 293 g/mol. The van der Waals surface area contributed by atoms with Crippen LogP contribution in [-0.4, -0.2) is 17.9 Å². The zero-order valence-corrected chi connectivity index (χ0v) is 12.0. The lowest BCUT2D eigenvalue weighted by Gasteiger charge is -2.27. The van der Waals surface area contributed by atoms with Crippen molar-refractivity contribution >= 4 is 17.5 Å². The molecule has 2 unspecified atom stereocenters. The zero-order chi connectivity index (χ0) is 15.6. The van der Waals surface area contributed by atoms with Crippen molar-refractivity contribution in [3.8, 4) is 0 Å². The molecule has 2 atom stereocenters. The van der Waals surface area contributed by atoms with Gasteiger partial charge in [-0.3, -0.25) is 9.59 Å². The van der Waals surface area contributed by atoms with Gasteiger partial charge in [-0.05, 0) is 31.9 Å². The fraction of sp³-hybridized carbons (Fsp3) is 0.467. The summed E-state index contributed by atoms with van der Waals surface area (Å²) in [5.74, 6) is -1.82. The number of halogens is 1. The Morgan fingerprint density at radius 3 is 2.57 bits per heavy atom. The van der Waals surface area contributed by atoms with Gasteiger partial charge < -0.3 is 16.8 Å². The first-order valence-corrected chi connectivity index (χ1v) is 7.06. The molecule has 2 amide bonds. The minimum atomic E-state index is -0.737. The molecule has 1 saturated carbocycles. The third-order valence-corrected chi connectivity index (χ3v) is 4.04. The van der Waals surface area contributed by atoms with E-state index in [1.54, 1.807) is 0 Å². The van der Waals surface area contributed by atoms with Crippen molar-refractivity contribution < 1.29 is 14.0 Å². The largest absolute Gasteiger partial charge is 0.366 e. The molecule has 2 rings (SSSR count). The Morgan fingerprint density at radius 1 is 1.29 bits per heavy atom. The molecule has 5 nitrogen and oxygen atoms in total. The van der Waals surface area contributed by atoms with E-state index < -0.39 is 11.7 Å². The highest BCUT2D eigenvalue weighted by atomic mass is 19.1. The molecule has 0 bridgehead atoms. The van der Waals surface area contributed by atoms with Crippen LogP contribution in [0.2, 0.25) is 0 Å². The molecule has 5 N–H and O–H groups in total. The van der Waals surface area contributed by atoms with E-state index in [0.717, 1.165) is 31.7 Å². The Morgan fingerprint density at radius 2 is 1.95 bits per heavy atom. The van der Waals surface area contributed by atoms with Gasteiger partial charge >= 0.3 is 0 Å². The van der Waals surface area contributed by atoms with Gasteiger partial charge in [-0.2, -0.15) is 0 Å². The zero-order valence-electron chi connectivity index (χ0n) is 12.0. The molecule has 114 valence electrons. The van der Waals surface area contributed by atoms with Crippen molar-refractivity contribution in [2.45, 2.75) is 38.6 Å². The highest BCUT2D eigenvalue weighted by Crippen LogP contribution is 2.26. The fourth-order valence-corrected chi connectivity index (χ4v) is 2.66. The van der Waals surface area contributed by atoms with Crippen molar-refractivity contribution in [1.82, 2.24) is 0 Å². The Bertz CT molecular complexity index is 574. The maximum Gasteiger partial charge on any atom is 0.248 e. The molecule has 21 heavy (non-hydrogen) atoms. The lowest BCUT2D eigenvalue weighted by atomic mass is 9.84. The Balaban J connectivity index is 2.22. The number of hydrogen-bond acceptors (Lipinski definition) is 3. The van der Waals surface area contributed by atoms with Gasteiger partial charge in [0, 0.05) is 22.9 Å². The summed E-state index contributed by atoms with van der Waals surface area (Å²) in [6.07, 6.45) is 3.52. The van der Waals surface area contributed by atoms with Crippen LogP contribution in [0.3, 0.4) is 0 Å². The van der Waals surface area contributed by atoms with Gasteiger partial charge in [0.25, 0.3) is 0 Å². The smallest absolute Gasteiger partial charge is 0.248 e. The average Bonchev–Trinajstić information content (AvgIpc) is 2.43. The summed E-state index contributed by atoms with van der Waals surface area (Å²) < 4.78 is 13.8.